The van der Waals surface area contributed by atoms with E-state index in [4.69, 9.17) is 4.98 Å². The highest BCUT2D eigenvalue weighted by molar-refractivity contribution is 5.69. The molecule has 2 fully saturated rings. The number of imidazole rings is 1. The summed E-state index contributed by atoms with van der Waals surface area (Å²) in [7, 11) is 0. The maximum absolute atomic E-state index is 11.5. The highest BCUT2D eigenvalue weighted by Gasteiger charge is 2.23. The average molecular weight is 380 g/mol. The second-order valence-corrected chi connectivity index (χ2v) is 7.56. The summed E-state index contributed by atoms with van der Waals surface area (Å²) in [5.74, 6) is 1.77. The minimum absolute atomic E-state index is 0.273. The number of nitrogens with one attached hydrogen (secondary N) is 5. The van der Waals surface area contributed by atoms with Crippen molar-refractivity contribution in [3.05, 3.63) is 39.0 Å². The van der Waals surface area contributed by atoms with Crippen molar-refractivity contribution in [1.82, 2.24) is 29.9 Å². The Morgan fingerprint density at radius 2 is 1.93 bits per heavy atom. The number of piperidine rings is 1. The Balaban J connectivity index is 1.58. The van der Waals surface area contributed by atoms with Gasteiger partial charge in [0.05, 0.1) is 16.9 Å². The number of aromatic amines is 2. The number of nitrogens with zero attached hydrogens (tertiary/aromatic N) is 3. The van der Waals surface area contributed by atoms with Crippen LogP contribution in [0.3, 0.4) is 0 Å². The van der Waals surface area contributed by atoms with Crippen LogP contribution in [0.4, 0.5) is 11.6 Å². The van der Waals surface area contributed by atoms with E-state index in [9.17, 15) is 4.79 Å². The van der Waals surface area contributed by atoms with Crippen LogP contribution >= 0.6 is 0 Å². The molecule has 2 aliphatic rings. The number of hydrogen-bond acceptors (Lipinski definition) is 6. The van der Waals surface area contributed by atoms with Crippen molar-refractivity contribution in [2.75, 3.05) is 23.7 Å². The maximum atomic E-state index is 11.5. The molecule has 0 spiro atoms. The van der Waals surface area contributed by atoms with Gasteiger partial charge in [-0.3, -0.25) is 0 Å². The SMILES string of the molecule is C=c1[nH]c(=O)[nH]/c1=C\c1cnn2c(NC3CC3)cc(NC3CCNCC3)nc12. The molecule has 9 nitrogen and oxygen atoms in total. The summed E-state index contributed by atoms with van der Waals surface area (Å²) >= 11 is 0. The molecule has 4 heterocycles. The molecular weight excluding hydrogens is 356 g/mol. The molecule has 0 aromatic carbocycles. The van der Waals surface area contributed by atoms with Crippen LogP contribution in [-0.4, -0.2) is 49.7 Å². The fourth-order valence-electron chi connectivity index (χ4n) is 3.58. The number of fused-ring (bicyclic) bond motifs is 1. The first-order valence-corrected chi connectivity index (χ1v) is 9.77. The highest BCUT2D eigenvalue weighted by atomic mass is 16.1. The number of rotatable bonds is 5. The summed E-state index contributed by atoms with van der Waals surface area (Å²) in [4.78, 5) is 21.8. The lowest BCUT2D eigenvalue weighted by Crippen LogP contribution is -2.35. The average Bonchev–Trinajstić information content (AvgIpc) is 3.32. The predicted molar refractivity (Wildman–Crippen MR) is 109 cm³/mol. The number of aromatic nitrogens is 5. The van der Waals surface area contributed by atoms with Crippen LogP contribution in [0, 0.1) is 0 Å². The quantitative estimate of drug-likeness (QED) is 0.416. The summed E-state index contributed by atoms with van der Waals surface area (Å²) in [5, 5.41) is 16.2. The fraction of sp³-hybridized carbons (Fsp3) is 0.421. The van der Waals surface area contributed by atoms with Crippen molar-refractivity contribution in [2.24, 2.45) is 0 Å². The van der Waals surface area contributed by atoms with Gasteiger partial charge in [-0.05, 0) is 44.8 Å². The molecular formula is C19H24N8O. The summed E-state index contributed by atoms with van der Waals surface area (Å²) in [6, 6.07) is 2.95. The van der Waals surface area contributed by atoms with Crippen molar-refractivity contribution >= 4 is 29.9 Å². The third kappa shape index (κ3) is 3.40. The number of hydrogen-bond donors (Lipinski definition) is 5. The van der Waals surface area contributed by atoms with E-state index in [0.29, 0.717) is 22.8 Å². The second-order valence-electron chi connectivity index (χ2n) is 7.56. The zero-order valence-electron chi connectivity index (χ0n) is 15.6. The van der Waals surface area contributed by atoms with Gasteiger partial charge in [-0.25, -0.2) is 9.78 Å². The normalized spacial score (nSPS) is 18.6. The maximum Gasteiger partial charge on any atom is 0.323 e. The van der Waals surface area contributed by atoms with Crippen LogP contribution in [0.15, 0.2) is 17.1 Å². The number of anilines is 2. The van der Waals surface area contributed by atoms with Gasteiger partial charge >= 0.3 is 5.69 Å². The van der Waals surface area contributed by atoms with E-state index in [-0.39, 0.29) is 5.69 Å². The molecule has 3 aromatic heterocycles. The van der Waals surface area contributed by atoms with Gasteiger partial charge in [-0.15, -0.1) is 0 Å². The Bertz CT molecular complexity index is 1160. The standard InChI is InChI=1S/C19H24N8O/c1-11-15(25-19(28)22-11)8-12-10-21-27-17(24-13-2-3-13)9-16(26-18(12)27)23-14-4-6-20-7-5-14/h8-10,13-14,20,24H,1-7H2,(H,23,26)(H2,22,25,28)/b15-8-. The first kappa shape index (κ1) is 17.1. The molecule has 28 heavy (non-hydrogen) atoms. The van der Waals surface area contributed by atoms with E-state index in [1.54, 1.807) is 6.20 Å². The molecule has 5 N–H and O–H groups in total. The second kappa shape index (κ2) is 6.83. The Morgan fingerprint density at radius 1 is 1.14 bits per heavy atom. The van der Waals surface area contributed by atoms with Crippen molar-refractivity contribution < 1.29 is 0 Å². The molecule has 0 atom stereocenters. The molecule has 1 aliphatic heterocycles. The summed E-state index contributed by atoms with van der Waals surface area (Å²) < 4.78 is 1.82. The Hall–Kier alpha value is -3.07. The smallest absolute Gasteiger partial charge is 0.323 e. The van der Waals surface area contributed by atoms with Crippen LogP contribution in [0.2, 0.25) is 0 Å². The third-order valence-corrected chi connectivity index (χ3v) is 5.26. The largest absolute Gasteiger partial charge is 0.367 e. The van der Waals surface area contributed by atoms with Crippen LogP contribution in [0.5, 0.6) is 0 Å². The van der Waals surface area contributed by atoms with Crippen LogP contribution in [-0.2, 0) is 0 Å². The predicted octanol–water partition coefficient (Wildman–Crippen LogP) is -0.277. The lowest BCUT2D eigenvalue weighted by Gasteiger charge is -2.24. The van der Waals surface area contributed by atoms with E-state index < -0.39 is 0 Å². The van der Waals surface area contributed by atoms with Gasteiger partial charge in [0.25, 0.3) is 0 Å². The summed E-state index contributed by atoms with van der Waals surface area (Å²) in [6.45, 7) is 5.91. The topological polar surface area (TPSA) is 115 Å². The van der Waals surface area contributed by atoms with Gasteiger partial charge < -0.3 is 25.9 Å². The lowest BCUT2D eigenvalue weighted by molar-refractivity contribution is 0.478. The zero-order valence-corrected chi connectivity index (χ0v) is 15.6. The van der Waals surface area contributed by atoms with Crippen LogP contribution in [0.1, 0.15) is 31.2 Å². The van der Waals surface area contributed by atoms with Gasteiger partial charge in [0, 0.05) is 23.7 Å². The fourth-order valence-corrected chi connectivity index (χ4v) is 3.58. The zero-order chi connectivity index (χ0) is 19.1. The Labute approximate surface area is 161 Å². The first-order valence-electron chi connectivity index (χ1n) is 9.77. The summed E-state index contributed by atoms with van der Waals surface area (Å²) in [6.07, 6.45) is 8.12. The van der Waals surface area contributed by atoms with E-state index in [1.165, 1.54) is 12.8 Å². The van der Waals surface area contributed by atoms with Gasteiger partial charge in [-0.2, -0.15) is 9.61 Å². The molecule has 1 aliphatic carbocycles. The minimum Gasteiger partial charge on any atom is -0.367 e. The molecule has 146 valence electrons. The van der Waals surface area contributed by atoms with Crippen molar-refractivity contribution in [1.29, 1.82) is 0 Å². The molecule has 9 heteroatoms. The van der Waals surface area contributed by atoms with E-state index >= 15 is 0 Å². The molecule has 1 saturated carbocycles. The van der Waals surface area contributed by atoms with Crippen LogP contribution < -0.4 is 32.3 Å². The van der Waals surface area contributed by atoms with Gasteiger partial charge in [0.1, 0.15) is 11.6 Å². The van der Waals surface area contributed by atoms with Crippen LogP contribution in [0.25, 0.3) is 18.3 Å². The Morgan fingerprint density at radius 3 is 2.64 bits per heavy atom. The molecule has 0 bridgehead atoms. The highest BCUT2D eigenvalue weighted by Crippen LogP contribution is 2.27. The summed E-state index contributed by atoms with van der Waals surface area (Å²) in [5.41, 5.74) is 1.29. The van der Waals surface area contributed by atoms with Crippen molar-refractivity contribution in [2.45, 2.75) is 37.8 Å². The molecule has 5 rings (SSSR count). The van der Waals surface area contributed by atoms with Crippen molar-refractivity contribution in [3.8, 4) is 0 Å². The van der Waals surface area contributed by atoms with Gasteiger partial charge in [0.2, 0.25) is 0 Å². The van der Waals surface area contributed by atoms with Crippen molar-refractivity contribution in [3.63, 3.8) is 0 Å². The van der Waals surface area contributed by atoms with E-state index in [2.05, 4.69) is 37.6 Å². The molecule has 3 aromatic rings. The Kier molecular flexibility index (Phi) is 4.16. The molecule has 1 saturated heterocycles. The van der Waals surface area contributed by atoms with Gasteiger partial charge in [0.15, 0.2) is 5.65 Å². The van der Waals surface area contributed by atoms with E-state index in [0.717, 1.165) is 48.8 Å². The lowest BCUT2D eigenvalue weighted by atomic mass is 10.1. The number of H-pyrrole nitrogens is 2. The van der Waals surface area contributed by atoms with Gasteiger partial charge in [-0.1, -0.05) is 6.58 Å². The molecule has 0 unspecified atom stereocenters. The minimum atomic E-state index is -0.273. The monoisotopic (exact) mass is 380 g/mol. The molecule has 0 amide bonds. The molecule has 0 radical (unpaired) electrons. The first-order chi connectivity index (χ1) is 13.7. The van der Waals surface area contributed by atoms with E-state index in [1.807, 2.05) is 16.7 Å². The third-order valence-electron chi connectivity index (χ3n) is 5.26.